The third-order valence-corrected chi connectivity index (χ3v) is 3.90. The number of carbonyl (C=O) groups excluding carboxylic acids is 1. The van der Waals surface area contributed by atoms with Gasteiger partial charge in [0.05, 0.1) is 5.69 Å². The van der Waals surface area contributed by atoms with Crippen LogP contribution < -0.4 is 11.5 Å². The molecule has 0 atom stereocenters. The summed E-state index contributed by atoms with van der Waals surface area (Å²) in [5, 5.41) is 0.519. The van der Waals surface area contributed by atoms with E-state index >= 15 is 0 Å². The van der Waals surface area contributed by atoms with Gasteiger partial charge in [0, 0.05) is 6.42 Å². The lowest BCUT2D eigenvalue weighted by Gasteiger charge is -2.03. The number of primary amides is 1. The second-order valence-corrected chi connectivity index (χ2v) is 5.38. The highest BCUT2D eigenvalue weighted by molar-refractivity contribution is 8.01. The van der Waals surface area contributed by atoms with Gasteiger partial charge in [0.2, 0.25) is 0 Å². The highest BCUT2D eigenvalue weighted by Gasteiger charge is 2.11. The summed E-state index contributed by atoms with van der Waals surface area (Å²) in [6.07, 6.45) is 0.779. The van der Waals surface area contributed by atoms with E-state index in [1.165, 1.54) is 29.4 Å². The minimum atomic E-state index is -0.580. The molecule has 94 valence electrons. The fourth-order valence-electron chi connectivity index (χ4n) is 1.18. The quantitative estimate of drug-likeness (QED) is 0.875. The first kappa shape index (κ1) is 12.8. The minimum Gasteiger partial charge on any atom is -0.397 e. The molecule has 18 heavy (non-hydrogen) atoms. The molecule has 6 nitrogen and oxygen atoms in total. The van der Waals surface area contributed by atoms with E-state index in [-0.39, 0.29) is 5.69 Å². The first-order valence-electron chi connectivity index (χ1n) is 5.17. The molecule has 0 aliphatic carbocycles. The monoisotopic (exact) mass is 281 g/mol. The van der Waals surface area contributed by atoms with Crippen molar-refractivity contribution in [3.05, 3.63) is 23.7 Å². The van der Waals surface area contributed by atoms with E-state index < -0.39 is 5.91 Å². The van der Waals surface area contributed by atoms with Gasteiger partial charge in [-0.25, -0.2) is 9.97 Å². The zero-order valence-corrected chi connectivity index (χ0v) is 11.2. The van der Waals surface area contributed by atoms with Crippen LogP contribution in [-0.2, 0) is 6.42 Å². The summed E-state index contributed by atoms with van der Waals surface area (Å²) in [7, 11) is 0. The predicted molar refractivity (Wildman–Crippen MR) is 70.6 cm³/mol. The van der Waals surface area contributed by atoms with Crippen LogP contribution >= 0.6 is 23.3 Å². The number of nitrogens with two attached hydrogens (primary N) is 2. The van der Waals surface area contributed by atoms with Crippen molar-refractivity contribution in [1.29, 1.82) is 0 Å². The SMILES string of the molecule is CCc1nsc(Sc2nc(C(N)=O)ccc2N)n1. The van der Waals surface area contributed by atoms with Gasteiger partial charge < -0.3 is 11.5 Å². The van der Waals surface area contributed by atoms with Crippen LogP contribution in [0.4, 0.5) is 5.69 Å². The summed E-state index contributed by atoms with van der Waals surface area (Å²) in [6.45, 7) is 1.98. The van der Waals surface area contributed by atoms with Crippen molar-refractivity contribution in [1.82, 2.24) is 14.3 Å². The van der Waals surface area contributed by atoms with Gasteiger partial charge in [0.15, 0.2) is 4.34 Å². The van der Waals surface area contributed by atoms with Gasteiger partial charge in [0.1, 0.15) is 16.5 Å². The second-order valence-electron chi connectivity index (χ2n) is 3.39. The molecule has 2 rings (SSSR count). The Bertz CT molecular complexity index is 583. The maximum absolute atomic E-state index is 11.1. The Morgan fingerprint density at radius 1 is 1.44 bits per heavy atom. The number of carbonyl (C=O) groups is 1. The molecular formula is C10H11N5OS2. The minimum absolute atomic E-state index is 0.187. The number of anilines is 1. The van der Waals surface area contributed by atoms with Crippen molar-refractivity contribution in [2.45, 2.75) is 22.7 Å². The highest BCUT2D eigenvalue weighted by atomic mass is 32.2. The molecule has 4 N–H and O–H groups in total. The maximum atomic E-state index is 11.1. The summed E-state index contributed by atoms with van der Waals surface area (Å²) in [5.41, 5.74) is 11.6. The molecule has 2 aromatic heterocycles. The molecule has 0 bridgehead atoms. The Labute approximate surface area is 112 Å². The van der Waals surface area contributed by atoms with E-state index in [2.05, 4.69) is 14.3 Å². The second kappa shape index (κ2) is 5.32. The highest BCUT2D eigenvalue weighted by Crippen LogP contribution is 2.31. The van der Waals surface area contributed by atoms with Crippen LogP contribution in [0.2, 0.25) is 0 Å². The van der Waals surface area contributed by atoms with Crippen LogP contribution in [0, 0.1) is 0 Å². The first-order chi connectivity index (χ1) is 8.60. The van der Waals surface area contributed by atoms with Gasteiger partial charge in [-0.05, 0) is 35.4 Å². The topological polar surface area (TPSA) is 108 Å². The molecule has 0 unspecified atom stereocenters. The zero-order valence-electron chi connectivity index (χ0n) is 9.58. The number of nitrogen functional groups attached to an aromatic ring is 1. The molecule has 0 saturated heterocycles. The van der Waals surface area contributed by atoms with Crippen LogP contribution in [0.5, 0.6) is 0 Å². The molecule has 2 aromatic rings. The average molecular weight is 281 g/mol. The molecule has 1 amide bonds. The molecule has 0 spiro atoms. The maximum Gasteiger partial charge on any atom is 0.267 e. The van der Waals surface area contributed by atoms with E-state index in [0.29, 0.717) is 10.7 Å². The standard InChI is InChI=1S/C10H11N5OS2/c1-2-7-14-10(18-15-7)17-9-5(11)3-4-6(13-9)8(12)16/h3-4H,2,11H2,1H3,(H2,12,16). The summed E-state index contributed by atoms with van der Waals surface area (Å²) in [6, 6.07) is 3.11. The molecule has 0 radical (unpaired) electrons. The third-order valence-electron chi connectivity index (χ3n) is 2.09. The van der Waals surface area contributed by atoms with Crippen molar-refractivity contribution < 1.29 is 4.79 Å². The number of nitrogens with zero attached hydrogens (tertiary/aromatic N) is 3. The van der Waals surface area contributed by atoms with Crippen molar-refractivity contribution >= 4 is 34.9 Å². The molecule has 0 aliphatic heterocycles. The molecule has 2 heterocycles. The molecule has 8 heteroatoms. The van der Waals surface area contributed by atoms with Gasteiger partial charge in [-0.1, -0.05) is 6.92 Å². The Hall–Kier alpha value is -1.67. The number of hydrogen-bond acceptors (Lipinski definition) is 7. The molecule has 0 aliphatic rings. The summed E-state index contributed by atoms with van der Waals surface area (Å²) in [4.78, 5) is 19.5. The number of rotatable bonds is 4. The van der Waals surface area contributed by atoms with Crippen LogP contribution in [-0.4, -0.2) is 20.2 Å². The summed E-state index contributed by atoms with van der Waals surface area (Å²) < 4.78 is 4.91. The normalized spacial score (nSPS) is 10.5. The van der Waals surface area contributed by atoms with E-state index in [0.717, 1.165) is 16.6 Å². The molecule has 0 saturated carbocycles. The summed E-state index contributed by atoms with van der Waals surface area (Å²) in [5.74, 6) is 0.204. The van der Waals surface area contributed by atoms with Crippen LogP contribution in [0.25, 0.3) is 0 Å². The van der Waals surface area contributed by atoms with Crippen molar-refractivity contribution in [3.63, 3.8) is 0 Å². The van der Waals surface area contributed by atoms with Gasteiger partial charge in [-0.3, -0.25) is 4.79 Å². The number of pyridine rings is 1. The van der Waals surface area contributed by atoms with E-state index in [9.17, 15) is 4.79 Å². The lowest BCUT2D eigenvalue weighted by atomic mass is 10.3. The first-order valence-corrected chi connectivity index (χ1v) is 6.76. The van der Waals surface area contributed by atoms with Crippen molar-refractivity contribution in [2.24, 2.45) is 5.73 Å². The Morgan fingerprint density at radius 2 is 2.22 bits per heavy atom. The number of amides is 1. The predicted octanol–water partition coefficient (Wildman–Crippen LogP) is 1.33. The molecule has 0 fully saturated rings. The Morgan fingerprint density at radius 3 is 2.83 bits per heavy atom. The van der Waals surface area contributed by atoms with E-state index in [1.54, 1.807) is 6.07 Å². The van der Waals surface area contributed by atoms with Gasteiger partial charge in [-0.2, -0.15) is 4.37 Å². The van der Waals surface area contributed by atoms with Gasteiger partial charge >= 0.3 is 0 Å². The molecule has 0 aromatic carbocycles. The zero-order chi connectivity index (χ0) is 13.1. The van der Waals surface area contributed by atoms with Crippen molar-refractivity contribution in [2.75, 3.05) is 5.73 Å². The Kier molecular flexibility index (Phi) is 3.78. The Balaban J connectivity index is 2.27. The van der Waals surface area contributed by atoms with Gasteiger partial charge in [-0.15, -0.1) is 0 Å². The van der Waals surface area contributed by atoms with Crippen LogP contribution in [0.1, 0.15) is 23.2 Å². The average Bonchev–Trinajstić information content (AvgIpc) is 2.79. The smallest absolute Gasteiger partial charge is 0.267 e. The fourth-order valence-corrected chi connectivity index (χ4v) is 2.82. The number of hydrogen-bond donors (Lipinski definition) is 2. The van der Waals surface area contributed by atoms with Crippen LogP contribution in [0.3, 0.4) is 0 Å². The van der Waals surface area contributed by atoms with Gasteiger partial charge in [0.25, 0.3) is 5.91 Å². The van der Waals surface area contributed by atoms with E-state index in [4.69, 9.17) is 11.5 Å². The van der Waals surface area contributed by atoms with E-state index in [1.807, 2.05) is 6.92 Å². The lowest BCUT2D eigenvalue weighted by molar-refractivity contribution is 0.0995. The third kappa shape index (κ3) is 2.77. The lowest BCUT2D eigenvalue weighted by Crippen LogP contribution is -2.13. The largest absolute Gasteiger partial charge is 0.397 e. The van der Waals surface area contributed by atoms with Crippen LogP contribution in [0.15, 0.2) is 21.5 Å². The summed E-state index contributed by atoms with van der Waals surface area (Å²) >= 11 is 2.57. The molecular weight excluding hydrogens is 270 g/mol. The fraction of sp³-hybridized carbons (Fsp3) is 0.200. The number of aromatic nitrogens is 3. The van der Waals surface area contributed by atoms with Crippen molar-refractivity contribution in [3.8, 4) is 0 Å². The number of aryl methyl sites for hydroxylation is 1.